The average Bonchev–Trinajstić information content (AvgIpc) is 3.00. The third kappa shape index (κ3) is 4.04. The molecule has 0 saturated heterocycles. The molecule has 0 aliphatic heterocycles. The molecule has 2 aromatic carbocycles. The maximum absolute atomic E-state index is 12.8. The number of amides is 1. The predicted molar refractivity (Wildman–Crippen MR) is 105 cm³/mol. The van der Waals surface area contributed by atoms with E-state index in [0.717, 1.165) is 17.4 Å². The first kappa shape index (κ1) is 19.2. The molecule has 0 fully saturated rings. The van der Waals surface area contributed by atoms with Crippen molar-refractivity contribution in [3.63, 3.8) is 0 Å². The molecule has 1 N–H and O–H groups in total. The number of thiazole rings is 1. The molecule has 9 heteroatoms. The van der Waals surface area contributed by atoms with E-state index in [0.29, 0.717) is 11.3 Å². The number of non-ortho nitro benzene ring substituents is 1. The number of nitro groups is 1. The van der Waals surface area contributed by atoms with Crippen LogP contribution in [0.4, 0.5) is 11.4 Å². The zero-order chi connectivity index (χ0) is 20.3. The molecular formula is C19H15N3O5S. The fourth-order valence-corrected chi connectivity index (χ4v) is 3.35. The van der Waals surface area contributed by atoms with Crippen molar-refractivity contribution < 1.29 is 14.5 Å². The number of aromatic nitrogens is 1. The summed E-state index contributed by atoms with van der Waals surface area (Å²) < 4.78 is 1.31. The van der Waals surface area contributed by atoms with Crippen LogP contribution >= 0.6 is 11.3 Å². The maximum Gasteiger partial charge on any atom is 0.307 e. The molecule has 0 radical (unpaired) electrons. The van der Waals surface area contributed by atoms with Crippen LogP contribution in [0.5, 0.6) is 0 Å². The van der Waals surface area contributed by atoms with Gasteiger partial charge in [0.25, 0.3) is 5.69 Å². The van der Waals surface area contributed by atoms with E-state index in [1.807, 2.05) is 0 Å². The summed E-state index contributed by atoms with van der Waals surface area (Å²) in [5.41, 5.74) is 0.869. The number of ketones is 1. The lowest BCUT2D eigenvalue weighted by Gasteiger charge is -2.11. The third-order valence-electron chi connectivity index (χ3n) is 4.05. The summed E-state index contributed by atoms with van der Waals surface area (Å²) in [6.07, 6.45) is 0. The van der Waals surface area contributed by atoms with E-state index in [2.05, 4.69) is 5.32 Å². The molecule has 0 spiro atoms. The number of benzene rings is 2. The quantitative estimate of drug-likeness (QED) is 0.390. The molecule has 1 amide bonds. The summed E-state index contributed by atoms with van der Waals surface area (Å²) in [7, 11) is 0. The monoisotopic (exact) mass is 397 g/mol. The number of nitrogens with one attached hydrogen (secondary N) is 1. The molecular weight excluding hydrogens is 382 g/mol. The topological polar surface area (TPSA) is 111 Å². The number of carbonyl (C=O) groups is 2. The van der Waals surface area contributed by atoms with Gasteiger partial charge in [-0.3, -0.25) is 29.1 Å². The highest BCUT2D eigenvalue weighted by atomic mass is 32.1. The summed E-state index contributed by atoms with van der Waals surface area (Å²) in [6, 6.07) is 11.9. The Labute approximate surface area is 163 Å². The van der Waals surface area contributed by atoms with E-state index in [-0.39, 0.29) is 28.4 Å². The van der Waals surface area contributed by atoms with Crippen molar-refractivity contribution in [3.8, 4) is 0 Å². The number of carbonyl (C=O) groups excluding carboxylic acids is 2. The lowest BCUT2D eigenvalue weighted by molar-refractivity contribution is -0.384. The first-order valence-electron chi connectivity index (χ1n) is 8.20. The number of hydrogen-bond donors (Lipinski definition) is 1. The minimum absolute atomic E-state index is 0.00291. The van der Waals surface area contributed by atoms with E-state index in [4.69, 9.17) is 0 Å². The van der Waals surface area contributed by atoms with Gasteiger partial charge in [-0.25, -0.2) is 0 Å². The Morgan fingerprint density at radius 2 is 1.89 bits per heavy atom. The van der Waals surface area contributed by atoms with Crippen molar-refractivity contribution in [2.45, 2.75) is 13.5 Å². The number of rotatable bonds is 6. The van der Waals surface area contributed by atoms with Crippen LogP contribution in [0, 0.1) is 17.0 Å². The molecule has 142 valence electrons. The van der Waals surface area contributed by atoms with Crippen LogP contribution < -0.4 is 10.2 Å². The molecule has 1 aromatic heterocycles. The van der Waals surface area contributed by atoms with Gasteiger partial charge < -0.3 is 5.32 Å². The van der Waals surface area contributed by atoms with Crippen molar-refractivity contribution in [2.24, 2.45) is 0 Å². The molecule has 0 atom stereocenters. The minimum Gasteiger partial charge on any atom is -0.324 e. The second kappa shape index (κ2) is 7.97. The lowest BCUT2D eigenvalue weighted by Crippen LogP contribution is -2.26. The van der Waals surface area contributed by atoms with Crippen molar-refractivity contribution >= 4 is 34.4 Å². The first-order valence-corrected chi connectivity index (χ1v) is 9.07. The largest absolute Gasteiger partial charge is 0.324 e. The fraction of sp³-hybridized carbons (Fsp3) is 0.105. The van der Waals surface area contributed by atoms with Crippen LogP contribution in [0.25, 0.3) is 0 Å². The van der Waals surface area contributed by atoms with Crippen LogP contribution in [0.1, 0.15) is 21.6 Å². The standard InChI is InChI=1S/C19H15N3O5S/c1-12-11-28-19(25)21(12)10-17(23)20-16-8-7-14(22(26)27)9-15(16)18(24)13-5-3-2-4-6-13/h2-9,11H,10H2,1H3,(H,20,23). The smallest absolute Gasteiger partial charge is 0.307 e. The number of aryl methyl sites for hydroxylation is 1. The van der Waals surface area contributed by atoms with Gasteiger partial charge in [-0.15, -0.1) is 0 Å². The fourth-order valence-electron chi connectivity index (χ4n) is 2.62. The third-order valence-corrected chi connectivity index (χ3v) is 4.93. The molecule has 8 nitrogen and oxygen atoms in total. The van der Waals surface area contributed by atoms with Gasteiger partial charge in [0.1, 0.15) is 6.54 Å². The van der Waals surface area contributed by atoms with Gasteiger partial charge in [0.05, 0.1) is 16.2 Å². The maximum atomic E-state index is 12.8. The summed E-state index contributed by atoms with van der Waals surface area (Å²) in [6.45, 7) is 1.49. The Morgan fingerprint density at radius 3 is 2.50 bits per heavy atom. The van der Waals surface area contributed by atoms with E-state index in [9.17, 15) is 24.5 Å². The van der Waals surface area contributed by atoms with Crippen molar-refractivity contribution in [1.29, 1.82) is 0 Å². The summed E-state index contributed by atoms with van der Waals surface area (Å²) in [5, 5.41) is 15.3. The van der Waals surface area contributed by atoms with Gasteiger partial charge in [-0.2, -0.15) is 0 Å². The minimum atomic E-state index is -0.609. The van der Waals surface area contributed by atoms with Crippen LogP contribution in [0.3, 0.4) is 0 Å². The Bertz CT molecular complexity index is 1120. The number of anilines is 1. The predicted octanol–water partition coefficient (Wildman–Crippen LogP) is 3.00. The first-order chi connectivity index (χ1) is 13.4. The van der Waals surface area contributed by atoms with Crippen LogP contribution in [0.2, 0.25) is 0 Å². The molecule has 3 aromatic rings. The van der Waals surface area contributed by atoms with Crippen LogP contribution in [-0.2, 0) is 11.3 Å². The number of nitrogens with zero attached hydrogens (tertiary/aromatic N) is 2. The highest BCUT2D eigenvalue weighted by Gasteiger charge is 2.20. The lowest BCUT2D eigenvalue weighted by atomic mass is 10.0. The second-order valence-corrected chi connectivity index (χ2v) is 6.78. The highest BCUT2D eigenvalue weighted by molar-refractivity contribution is 7.07. The molecule has 28 heavy (non-hydrogen) atoms. The Morgan fingerprint density at radius 1 is 1.18 bits per heavy atom. The number of nitro benzene ring substituents is 1. The van der Waals surface area contributed by atoms with Gasteiger partial charge >= 0.3 is 4.87 Å². The van der Waals surface area contributed by atoms with Crippen molar-refractivity contribution in [2.75, 3.05) is 5.32 Å². The van der Waals surface area contributed by atoms with E-state index in [1.165, 1.54) is 16.7 Å². The summed E-state index contributed by atoms with van der Waals surface area (Å²) in [5.74, 6) is -0.969. The highest BCUT2D eigenvalue weighted by Crippen LogP contribution is 2.25. The molecule has 3 rings (SSSR count). The second-order valence-electron chi connectivity index (χ2n) is 5.96. The molecule has 1 heterocycles. The van der Waals surface area contributed by atoms with Crippen molar-refractivity contribution in [3.05, 3.63) is 90.5 Å². The van der Waals surface area contributed by atoms with Gasteiger partial charge in [-0.1, -0.05) is 41.7 Å². The molecule has 0 aliphatic carbocycles. The summed E-state index contributed by atoms with van der Waals surface area (Å²) in [4.78, 5) is 47.2. The van der Waals surface area contributed by atoms with E-state index >= 15 is 0 Å². The van der Waals surface area contributed by atoms with E-state index < -0.39 is 16.6 Å². The summed E-state index contributed by atoms with van der Waals surface area (Å²) >= 11 is 0.988. The van der Waals surface area contributed by atoms with Gasteiger partial charge in [0.2, 0.25) is 5.91 Å². The normalized spacial score (nSPS) is 10.5. The Hall–Kier alpha value is -3.59. The van der Waals surface area contributed by atoms with Crippen LogP contribution in [-0.4, -0.2) is 21.2 Å². The van der Waals surface area contributed by atoms with Crippen LogP contribution in [0.15, 0.2) is 58.7 Å². The molecule has 0 aliphatic rings. The van der Waals surface area contributed by atoms with Gasteiger partial charge in [0, 0.05) is 28.8 Å². The van der Waals surface area contributed by atoms with Crippen molar-refractivity contribution in [1.82, 2.24) is 4.57 Å². The molecule has 0 unspecified atom stereocenters. The zero-order valence-electron chi connectivity index (χ0n) is 14.7. The van der Waals surface area contributed by atoms with Gasteiger partial charge in [0.15, 0.2) is 5.78 Å². The van der Waals surface area contributed by atoms with Gasteiger partial charge in [-0.05, 0) is 13.0 Å². The molecule has 0 bridgehead atoms. The SMILES string of the molecule is Cc1csc(=O)n1CC(=O)Nc1ccc([N+](=O)[O-])cc1C(=O)c1ccccc1. The Balaban J connectivity index is 1.94. The van der Waals surface area contributed by atoms with E-state index in [1.54, 1.807) is 42.6 Å². The zero-order valence-corrected chi connectivity index (χ0v) is 15.6. The Kier molecular flexibility index (Phi) is 5.46. The average molecular weight is 397 g/mol. The number of hydrogen-bond acceptors (Lipinski definition) is 6. The molecule has 0 saturated carbocycles.